The van der Waals surface area contributed by atoms with E-state index in [1.165, 1.54) is 18.2 Å². The number of benzene rings is 1. The molecule has 2 rings (SSSR count). The van der Waals surface area contributed by atoms with E-state index in [2.05, 4.69) is 9.47 Å². The van der Waals surface area contributed by atoms with E-state index in [4.69, 9.17) is 5.11 Å². The molecule has 0 aliphatic carbocycles. The number of ether oxygens (including phenoxy) is 2. The van der Waals surface area contributed by atoms with Crippen LogP contribution in [0.4, 0.5) is 8.78 Å². The molecular weight excluding hydrogens is 182 g/mol. The largest absolute Gasteiger partial charge is 0.586 e. The molecule has 0 unspecified atom stereocenters. The first-order valence-corrected chi connectivity index (χ1v) is 3.60. The Morgan fingerprint density at radius 3 is 2.69 bits per heavy atom. The van der Waals surface area contributed by atoms with Gasteiger partial charge in [0.05, 0.1) is 6.61 Å². The minimum atomic E-state index is -3.59. The topological polar surface area (TPSA) is 38.7 Å². The molecule has 1 heterocycles. The van der Waals surface area contributed by atoms with E-state index >= 15 is 0 Å². The third-order valence-corrected chi connectivity index (χ3v) is 1.65. The average Bonchev–Trinajstić information content (AvgIpc) is 2.36. The predicted octanol–water partition coefficient (Wildman–Crippen LogP) is 1.75. The maximum absolute atomic E-state index is 12.5. The molecule has 0 radical (unpaired) electrons. The predicted molar refractivity (Wildman–Crippen MR) is 40.7 cm³/mol. The molecule has 0 aromatic heterocycles. The summed E-state index contributed by atoms with van der Waals surface area (Å²) in [5.74, 6) is -0.0567. The Bertz CT molecular complexity index is 343. The molecule has 0 saturated heterocycles. The molecule has 1 aliphatic heterocycles. The summed E-state index contributed by atoms with van der Waals surface area (Å²) in [6.07, 6.45) is -3.59. The minimum absolute atomic E-state index is 0. The summed E-state index contributed by atoms with van der Waals surface area (Å²) in [5.41, 5.74) is 0.500. The number of aliphatic hydroxyl groups excluding tert-OH is 1. The van der Waals surface area contributed by atoms with Gasteiger partial charge in [-0.3, -0.25) is 0 Å². The van der Waals surface area contributed by atoms with E-state index in [0.29, 0.717) is 5.56 Å². The number of alkyl halides is 2. The highest BCUT2D eigenvalue weighted by atomic mass is 19.3. The van der Waals surface area contributed by atoms with Gasteiger partial charge >= 0.3 is 6.29 Å². The SMILES string of the molecule is OCc1ccc2c(c1)OC(F)(F)O2.[HH]. The molecule has 0 fully saturated rings. The summed E-state index contributed by atoms with van der Waals surface area (Å²) in [6, 6.07) is 4.14. The molecule has 72 valence electrons. The lowest BCUT2D eigenvalue weighted by molar-refractivity contribution is -0.286. The smallest absolute Gasteiger partial charge is 0.395 e. The van der Waals surface area contributed by atoms with Crippen LogP contribution in [0.1, 0.15) is 6.99 Å². The molecule has 0 amide bonds. The Morgan fingerprint density at radius 1 is 1.31 bits per heavy atom. The number of aliphatic hydroxyl groups is 1. The van der Waals surface area contributed by atoms with E-state index in [0.717, 1.165) is 0 Å². The van der Waals surface area contributed by atoms with Gasteiger partial charge in [0, 0.05) is 1.43 Å². The van der Waals surface area contributed by atoms with Crippen LogP contribution < -0.4 is 9.47 Å². The number of fused-ring (bicyclic) bond motifs is 1. The first-order valence-electron chi connectivity index (χ1n) is 3.60. The fraction of sp³-hybridized carbons (Fsp3) is 0.250. The lowest BCUT2D eigenvalue weighted by atomic mass is 10.2. The lowest BCUT2D eigenvalue weighted by Gasteiger charge is -2.04. The van der Waals surface area contributed by atoms with Crippen LogP contribution >= 0.6 is 0 Å². The molecule has 1 aromatic rings. The van der Waals surface area contributed by atoms with Crippen molar-refractivity contribution in [3.8, 4) is 11.5 Å². The zero-order valence-electron chi connectivity index (χ0n) is 6.46. The van der Waals surface area contributed by atoms with Gasteiger partial charge < -0.3 is 14.6 Å². The second-order valence-corrected chi connectivity index (χ2v) is 2.61. The third-order valence-electron chi connectivity index (χ3n) is 1.65. The molecule has 0 spiro atoms. The van der Waals surface area contributed by atoms with E-state index in [-0.39, 0.29) is 19.5 Å². The van der Waals surface area contributed by atoms with Crippen molar-refractivity contribution in [3.63, 3.8) is 0 Å². The zero-order chi connectivity index (χ0) is 9.47. The summed E-state index contributed by atoms with van der Waals surface area (Å²) in [5, 5.41) is 8.72. The Kier molecular flexibility index (Phi) is 1.63. The number of hydrogen-bond acceptors (Lipinski definition) is 3. The molecule has 13 heavy (non-hydrogen) atoms. The molecule has 3 nitrogen and oxygen atoms in total. The van der Waals surface area contributed by atoms with Gasteiger partial charge in [-0.1, -0.05) is 6.07 Å². The number of halogens is 2. The summed E-state index contributed by atoms with van der Waals surface area (Å²) < 4.78 is 33.3. The van der Waals surface area contributed by atoms with Crippen LogP contribution in [0.5, 0.6) is 11.5 Å². The highest BCUT2D eigenvalue weighted by molar-refractivity contribution is 5.44. The van der Waals surface area contributed by atoms with Crippen LogP contribution in [-0.2, 0) is 6.61 Å². The molecular formula is C8H8F2O3. The number of hydrogen-bond donors (Lipinski definition) is 1. The molecule has 5 heteroatoms. The molecule has 0 bridgehead atoms. The Balaban J connectivity index is 0.000000980. The van der Waals surface area contributed by atoms with Crippen molar-refractivity contribution in [2.75, 3.05) is 0 Å². The van der Waals surface area contributed by atoms with E-state index in [1.807, 2.05) is 0 Å². The molecule has 0 saturated carbocycles. The monoisotopic (exact) mass is 190 g/mol. The summed E-state index contributed by atoms with van der Waals surface area (Å²) in [7, 11) is 0. The average molecular weight is 190 g/mol. The van der Waals surface area contributed by atoms with Crippen LogP contribution in [0.2, 0.25) is 0 Å². The summed E-state index contributed by atoms with van der Waals surface area (Å²) in [6.45, 7) is -0.220. The van der Waals surface area contributed by atoms with E-state index in [1.54, 1.807) is 0 Å². The Hall–Kier alpha value is -1.36. The van der Waals surface area contributed by atoms with Gasteiger partial charge in [-0.15, -0.1) is 8.78 Å². The van der Waals surface area contributed by atoms with Crippen molar-refractivity contribution in [3.05, 3.63) is 23.8 Å². The van der Waals surface area contributed by atoms with Crippen molar-refractivity contribution >= 4 is 0 Å². The second-order valence-electron chi connectivity index (χ2n) is 2.61. The molecule has 1 N–H and O–H groups in total. The maximum Gasteiger partial charge on any atom is 0.586 e. The highest BCUT2D eigenvalue weighted by Crippen LogP contribution is 2.41. The van der Waals surface area contributed by atoms with Gasteiger partial charge in [-0.05, 0) is 17.7 Å². The van der Waals surface area contributed by atoms with Gasteiger partial charge in [0.15, 0.2) is 11.5 Å². The van der Waals surface area contributed by atoms with Crippen molar-refractivity contribution in [1.29, 1.82) is 0 Å². The first-order chi connectivity index (χ1) is 6.11. The molecule has 1 aliphatic rings. The van der Waals surface area contributed by atoms with E-state index in [9.17, 15) is 8.78 Å². The lowest BCUT2D eigenvalue weighted by Crippen LogP contribution is -2.25. The molecule has 1 aromatic carbocycles. The van der Waals surface area contributed by atoms with Crippen LogP contribution in [0.3, 0.4) is 0 Å². The zero-order valence-corrected chi connectivity index (χ0v) is 6.46. The fourth-order valence-electron chi connectivity index (χ4n) is 1.09. The van der Waals surface area contributed by atoms with Crippen molar-refractivity contribution in [2.24, 2.45) is 0 Å². The van der Waals surface area contributed by atoms with Crippen molar-refractivity contribution in [1.82, 2.24) is 0 Å². The van der Waals surface area contributed by atoms with Crippen molar-refractivity contribution in [2.45, 2.75) is 12.9 Å². The fourth-order valence-corrected chi connectivity index (χ4v) is 1.09. The van der Waals surface area contributed by atoms with Crippen LogP contribution in [-0.4, -0.2) is 11.4 Å². The van der Waals surface area contributed by atoms with Crippen LogP contribution in [0, 0.1) is 0 Å². The van der Waals surface area contributed by atoms with Gasteiger partial charge in [0.1, 0.15) is 0 Å². The summed E-state index contributed by atoms with van der Waals surface area (Å²) >= 11 is 0. The van der Waals surface area contributed by atoms with Gasteiger partial charge in [0.25, 0.3) is 0 Å². The van der Waals surface area contributed by atoms with Gasteiger partial charge in [0.2, 0.25) is 0 Å². The number of rotatable bonds is 1. The Labute approximate surface area is 74.0 Å². The summed E-state index contributed by atoms with van der Waals surface area (Å²) in [4.78, 5) is 0. The Morgan fingerprint density at radius 2 is 2.00 bits per heavy atom. The first kappa shape index (κ1) is 8.25. The van der Waals surface area contributed by atoms with Crippen molar-refractivity contribution < 1.29 is 24.8 Å². The van der Waals surface area contributed by atoms with Gasteiger partial charge in [-0.2, -0.15) is 0 Å². The maximum atomic E-state index is 12.5. The quantitative estimate of drug-likeness (QED) is 0.733. The van der Waals surface area contributed by atoms with E-state index < -0.39 is 6.29 Å². The van der Waals surface area contributed by atoms with Gasteiger partial charge in [-0.25, -0.2) is 0 Å². The standard InChI is InChI=1S/C8H6F2O3.H2/c9-8(10)12-6-2-1-5(4-11)3-7(6)13-8;/h1-3,11H,4H2;1H. The highest BCUT2D eigenvalue weighted by Gasteiger charge is 2.43. The van der Waals surface area contributed by atoms with Crippen LogP contribution in [0.15, 0.2) is 18.2 Å². The minimum Gasteiger partial charge on any atom is -0.395 e. The third kappa shape index (κ3) is 1.42. The normalized spacial score (nSPS) is 17.5. The second kappa shape index (κ2) is 2.56. The molecule has 0 atom stereocenters. The van der Waals surface area contributed by atoms with Crippen LogP contribution in [0.25, 0.3) is 0 Å².